The number of rotatable bonds is 5. The highest BCUT2D eigenvalue weighted by molar-refractivity contribution is 6.12. The van der Waals surface area contributed by atoms with Crippen LogP contribution in [0.15, 0.2) is 48.5 Å². The SMILES string of the molecule is Cc1cccc(N2C(=O)CC(=O)n3c(nc4ccccc43)C2C(=O)CCN(C)C)c1. The molecule has 1 aliphatic heterocycles. The van der Waals surface area contributed by atoms with Crippen LogP contribution < -0.4 is 4.90 Å². The molecule has 0 spiro atoms. The molecule has 2 heterocycles. The van der Waals surface area contributed by atoms with Gasteiger partial charge in [-0.3, -0.25) is 23.9 Å². The predicted molar refractivity (Wildman–Crippen MR) is 115 cm³/mol. The lowest BCUT2D eigenvalue weighted by molar-refractivity contribution is -0.125. The van der Waals surface area contributed by atoms with Crippen molar-refractivity contribution in [2.45, 2.75) is 25.8 Å². The maximum atomic E-state index is 13.4. The van der Waals surface area contributed by atoms with Crippen molar-refractivity contribution in [3.8, 4) is 0 Å². The Morgan fingerprint density at radius 2 is 1.87 bits per heavy atom. The number of para-hydroxylation sites is 2. The maximum Gasteiger partial charge on any atom is 0.242 e. The molecule has 0 radical (unpaired) electrons. The molecule has 0 aliphatic carbocycles. The molecule has 7 heteroatoms. The second-order valence-corrected chi connectivity index (χ2v) is 7.89. The van der Waals surface area contributed by atoms with Gasteiger partial charge in [0.05, 0.1) is 11.0 Å². The minimum Gasteiger partial charge on any atom is -0.309 e. The topological polar surface area (TPSA) is 75.5 Å². The Bertz CT molecular complexity index is 1150. The Kier molecular flexibility index (Phi) is 5.22. The smallest absolute Gasteiger partial charge is 0.242 e. The summed E-state index contributed by atoms with van der Waals surface area (Å²) in [5.74, 6) is -0.616. The van der Waals surface area contributed by atoms with Crippen LogP contribution in [0.4, 0.5) is 5.69 Å². The standard InChI is InChI=1S/C23H24N4O3/c1-15-7-6-8-16(13-15)26-20(29)14-21(30)27-18-10-5-4-9-17(18)24-23(27)22(26)19(28)11-12-25(2)3/h4-10,13,22H,11-12,14H2,1-3H3. The van der Waals surface area contributed by atoms with Crippen molar-refractivity contribution < 1.29 is 14.4 Å². The average molecular weight is 404 g/mol. The number of Topliss-reactive ketones (excluding diaryl/α,β-unsaturated/α-hetero) is 1. The molecular weight excluding hydrogens is 380 g/mol. The van der Waals surface area contributed by atoms with E-state index in [0.717, 1.165) is 5.56 Å². The third-order valence-electron chi connectivity index (χ3n) is 5.30. The van der Waals surface area contributed by atoms with Crippen molar-refractivity contribution in [1.82, 2.24) is 14.5 Å². The minimum absolute atomic E-state index is 0.148. The van der Waals surface area contributed by atoms with E-state index in [2.05, 4.69) is 4.98 Å². The van der Waals surface area contributed by atoms with Gasteiger partial charge in [-0.1, -0.05) is 24.3 Å². The second kappa shape index (κ2) is 7.84. The van der Waals surface area contributed by atoms with E-state index >= 15 is 0 Å². The lowest BCUT2D eigenvalue weighted by atomic mass is 10.0. The van der Waals surface area contributed by atoms with Gasteiger partial charge in [-0.15, -0.1) is 0 Å². The summed E-state index contributed by atoms with van der Waals surface area (Å²) in [6.45, 7) is 2.47. The number of hydrogen-bond acceptors (Lipinski definition) is 5. The molecule has 1 aliphatic rings. The number of amides is 1. The van der Waals surface area contributed by atoms with E-state index in [1.165, 1.54) is 9.47 Å². The van der Waals surface area contributed by atoms with Crippen LogP contribution in [0.3, 0.4) is 0 Å². The fraction of sp³-hybridized carbons (Fsp3) is 0.304. The van der Waals surface area contributed by atoms with Crippen LogP contribution in [0.25, 0.3) is 11.0 Å². The number of imidazole rings is 1. The van der Waals surface area contributed by atoms with E-state index in [4.69, 9.17) is 0 Å². The van der Waals surface area contributed by atoms with Gasteiger partial charge in [-0.25, -0.2) is 4.98 Å². The Morgan fingerprint density at radius 3 is 2.60 bits per heavy atom. The number of ketones is 1. The van der Waals surface area contributed by atoms with Crippen LogP contribution in [0.2, 0.25) is 0 Å². The highest BCUT2D eigenvalue weighted by Crippen LogP contribution is 2.34. The normalized spacial score (nSPS) is 16.8. The zero-order valence-corrected chi connectivity index (χ0v) is 17.3. The summed E-state index contributed by atoms with van der Waals surface area (Å²) in [5.41, 5.74) is 2.80. The van der Waals surface area contributed by atoms with Crippen LogP contribution in [0.1, 0.15) is 35.1 Å². The Labute approximate surface area is 174 Å². The van der Waals surface area contributed by atoms with Crippen LogP contribution in [-0.4, -0.2) is 52.7 Å². The van der Waals surface area contributed by atoms with Crippen molar-refractivity contribution in [2.75, 3.05) is 25.5 Å². The Hall–Kier alpha value is -3.32. The molecule has 1 unspecified atom stereocenters. The van der Waals surface area contributed by atoms with Gasteiger partial charge in [-0.05, 0) is 50.8 Å². The van der Waals surface area contributed by atoms with E-state index in [-0.39, 0.29) is 24.5 Å². The summed E-state index contributed by atoms with van der Waals surface area (Å²) in [6.07, 6.45) is -0.0799. The summed E-state index contributed by atoms with van der Waals surface area (Å²) < 4.78 is 1.45. The zero-order valence-electron chi connectivity index (χ0n) is 17.3. The molecule has 1 atom stereocenters. The molecule has 1 amide bonds. The molecule has 30 heavy (non-hydrogen) atoms. The molecular formula is C23H24N4O3. The fourth-order valence-electron chi connectivity index (χ4n) is 3.87. The highest BCUT2D eigenvalue weighted by Gasteiger charge is 2.41. The van der Waals surface area contributed by atoms with E-state index in [0.29, 0.717) is 29.1 Å². The molecule has 7 nitrogen and oxygen atoms in total. The molecule has 0 fully saturated rings. The van der Waals surface area contributed by atoms with Crippen LogP contribution >= 0.6 is 0 Å². The van der Waals surface area contributed by atoms with Gasteiger partial charge < -0.3 is 4.90 Å². The van der Waals surface area contributed by atoms with Crippen molar-refractivity contribution in [3.63, 3.8) is 0 Å². The number of aryl methyl sites for hydroxylation is 1. The first-order valence-corrected chi connectivity index (χ1v) is 9.93. The van der Waals surface area contributed by atoms with Gasteiger partial charge in [0.25, 0.3) is 0 Å². The summed E-state index contributed by atoms with van der Waals surface area (Å²) >= 11 is 0. The molecule has 4 rings (SSSR count). The number of fused-ring (bicyclic) bond motifs is 3. The number of nitrogens with zero attached hydrogens (tertiary/aromatic N) is 4. The molecule has 0 N–H and O–H groups in total. The van der Waals surface area contributed by atoms with E-state index in [1.54, 1.807) is 12.1 Å². The fourth-order valence-corrected chi connectivity index (χ4v) is 3.87. The molecule has 1 aromatic heterocycles. The predicted octanol–water partition coefficient (Wildman–Crippen LogP) is 2.98. The van der Waals surface area contributed by atoms with Crippen molar-refractivity contribution >= 4 is 34.3 Å². The van der Waals surface area contributed by atoms with Gasteiger partial charge in [0.15, 0.2) is 11.8 Å². The summed E-state index contributed by atoms with van der Waals surface area (Å²) in [6, 6.07) is 13.7. The van der Waals surface area contributed by atoms with Gasteiger partial charge in [0.2, 0.25) is 11.8 Å². The third-order valence-corrected chi connectivity index (χ3v) is 5.30. The third kappa shape index (κ3) is 3.52. The number of anilines is 1. The largest absolute Gasteiger partial charge is 0.309 e. The first-order valence-electron chi connectivity index (χ1n) is 9.93. The van der Waals surface area contributed by atoms with Crippen LogP contribution in [0, 0.1) is 6.92 Å². The van der Waals surface area contributed by atoms with Gasteiger partial charge >= 0.3 is 0 Å². The van der Waals surface area contributed by atoms with Gasteiger partial charge in [0.1, 0.15) is 12.2 Å². The summed E-state index contributed by atoms with van der Waals surface area (Å²) in [7, 11) is 3.78. The quantitative estimate of drug-likeness (QED) is 0.611. The van der Waals surface area contributed by atoms with Gasteiger partial charge in [-0.2, -0.15) is 0 Å². The number of carbonyl (C=O) groups excluding carboxylic acids is 3. The average Bonchev–Trinajstić information content (AvgIpc) is 3.04. The van der Waals surface area contributed by atoms with Crippen LogP contribution in [0.5, 0.6) is 0 Å². The Morgan fingerprint density at radius 1 is 1.10 bits per heavy atom. The van der Waals surface area contributed by atoms with Crippen molar-refractivity contribution in [2.24, 2.45) is 0 Å². The first kappa shape index (κ1) is 20.0. The minimum atomic E-state index is -0.960. The molecule has 0 saturated heterocycles. The van der Waals surface area contributed by atoms with E-state index in [9.17, 15) is 14.4 Å². The highest BCUT2D eigenvalue weighted by atomic mass is 16.2. The lowest BCUT2D eigenvalue weighted by Gasteiger charge is -2.29. The number of benzene rings is 2. The van der Waals surface area contributed by atoms with Crippen molar-refractivity contribution in [1.29, 1.82) is 0 Å². The molecule has 2 aromatic carbocycles. The molecule has 0 saturated carbocycles. The van der Waals surface area contributed by atoms with Crippen molar-refractivity contribution in [3.05, 3.63) is 59.9 Å². The van der Waals surface area contributed by atoms with E-state index in [1.807, 2.05) is 62.3 Å². The number of carbonyl (C=O) groups is 3. The van der Waals surface area contributed by atoms with Crippen LogP contribution in [-0.2, 0) is 9.59 Å². The maximum absolute atomic E-state index is 13.4. The molecule has 154 valence electrons. The van der Waals surface area contributed by atoms with Gasteiger partial charge in [0, 0.05) is 18.7 Å². The monoisotopic (exact) mass is 404 g/mol. The second-order valence-electron chi connectivity index (χ2n) is 7.89. The summed E-state index contributed by atoms with van der Waals surface area (Å²) in [5, 5.41) is 0. The number of hydrogen-bond donors (Lipinski definition) is 0. The van der Waals surface area contributed by atoms with E-state index < -0.39 is 11.9 Å². The molecule has 0 bridgehead atoms. The Balaban J connectivity index is 1.93. The molecule has 3 aromatic rings. The first-order chi connectivity index (χ1) is 14.4. The summed E-state index contributed by atoms with van der Waals surface area (Å²) in [4.78, 5) is 47.7. The lowest BCUT2D eigenvalue weighted by Crippen LogP contribution is -2.39. The number of aromatic nitrogens is 2. The zero-order chi connectivity index (χ0) is 21.4.